The van der Waals surface area contributed by atoms with Crippen LogP contribution in [0.25, 0.3) is 0 Å². The maximum atomic E-state index is 1.61. The summed E-state index contributed by atoms with van der Waals surface area (Å²) in [5, 5.41) is 0. The maximum absolute atomic E-state index is 1.61. The molecule has 160 valence electrons. The lowest BCUT2D eigenvalue weighted by molar-refractivity contribution is 0.338. The van der Waals surface area contributed by atoms with Crippen molar-refractivity contribution < 1.29 is 0 Å². The second-order valence-electron chi connectivity index (χ2n) is 12.5. The van der Waals surface area contributed by atoms with Gasteiger partial charge in [0, 0.05) is 0 Å². The van der Waals surface area contributed by atoms with E-state index in [-0.39, 0.29) is 0 Å². The second kappa shape index (κ2) is 9.43. The first kappa shape index (κ1) is 19.9. The van der Waals surface area contributed by atoms with Crippen LogP contribution in [0.15, 0.2) is 0 Å². The molecule has 0 aromatic carbocycles. The van der Waals surface area contributed by atoms with Gasteiger partial charge in [0.05, 0.1) is 0 Å². The van der Waals surface area contributed by atoms with Crippen LogP contribution in [0.4, 0.5) is 0 Å². The minimum Gasteiger partial charge on any atom is -0.0502 e. The van der Waals surface area contributed by atoms with Gasteiger partial charge >= 0.3 is 0 Å². The topological polar surface area (TPSA) is 0 Å². The minimum atomic E-state index is 1.11. The highest BCUT2D eigenvalue weighted by atomic mass is 14.4. The number of rotatable bonds is 0. The smallest absolute Gasteiger partial charge is 0.0411 e. The molecule has 0 aromatic rings. The molecule has 5 fully saturated rings. The van der Waals surface area contributed by atoms with Crippen LogP contribution in [0.3, 0.4) is 0 Å². The van der Waals surface area contributed by atoms with E-state index in [1.165, 1.54) is 0 Å². The van der Waals surface area contributed by atoms with Crippen LogP contribution in [0.1, 0.15) is 128 Å². The Labute approximate surface area is 176 Å². The zero-order valence-electron chi connectivity index (χ0n) is 18.8. The standard InChI is InChI=1S/C28H48/c1-2-22-11-12-24-5-6-26(19-24)15-16-28-8-7-27(20-28)14-13-25-4-3-23(18-25)10-9-21(1)17-22/h21-28H,1-20H2/t21-,22?,23+,24-,25?,26?,27+,28?. The van der Waals surface area contributed by atoms with E-state index in [0.717, 1.165) is 47.3 Å². The van der Waals surface area contributed by atoms with Gasteiger partial charge in [-0.25, -0.2) is 0 Å². The lowest BCUT2D eigenvalue weighted by atomic mass is 9.88. The van der Waals surface area contributed by atoms with Gasteiger partial charge in [0.15, 0.2) is 0 Å². The van der Waals surface area contributed by atoms with E-state index in [1.54, 1.807) is 128 Å². The average Bonchev–Trinajstić information content (AvgIpc) is 3.49. The summed E-state index contributed by atoms with van der Waals surface area (Å²) in [6.45, 7) is 0. The molecule has 28 heavy (non-hydrogen) atoms. The summed E-state index contributed by atoms with van der Waals surface area (Å²) in [5.74, 6) is 8.90. The molecule has 0 spiro atoms. The molecule has 0 atom stereocenters. The number of hydrogen-bond acceptors (Lipinski definition) is 0. The molecule has 5 saturated carbocycles. The van der Waals surface area contributed by atoms with Crippen molar-refractivity contribution >= 4 is 0 Å². The van der Waals surface area contributed by atoms with Crippen LogP contribution in [-0.4, -0.2) is 0 Å². The third-order valence-electron chi connectivity index (χ3n) is 10.5. The lowest BCUT2D eigenvalue weighted by Crippen LogP contribution is -2.05. The first-order valence-electron chi connectivity index (χ1n) is 13.8. The van der Waals surface area contributed by atoms with E-state index >= 15 is 0 Å². The Kier molecular flexibility index (Phi) is 6.71. The van der Waals surface area contributed by atoms with Crippen molar-refractivity contribution in [3.63, 3.8) is 0 Å². The van der Waals surface area contributed by atoms with Gasteiger partial charge in [-0.05, 0) is 73.0 Å². The van der Waals surface area contributed by atoms with E-state index in [9.17, 15) is 0 Å². The Hall–Kier alpha value is 0. The fourth-order valence-electron chi connectivity index (χ4n) is 8.70. The van der Waals surface area contributed by atoms with E-state index in [1.807, 2.05) is 0 Å². The summed E-state index contributed by atoms with van der Waals surface area (Å²) in [4.78, 5) is 0. The molecular formula is C28H48. The quantitative estimate of drug-likeness (QED) is 0.391. The largest absolute Gasteiger partial charge is 0.0502 e. The molecule has 5 aliphatic rings. The van der Waals surface area contributed by atoms with Crippen molar-refractivity contribution in [2.75, 3.05) is 0 Å². The van der Waals surface area contributed by atoms with Crippen molar-refractivity contribution in [3.8, 4) is 0 Å². The van der Waals surface area contributed by atoms with Gasteiger partial charge < -0.3 is 0 Å². The normalized spacial score (nSPS) is 48.0. The number of hydrogen-bond donors (Lipinski definition) is 0. The zero-order chi connectivity index (χ0) is 18.8. The highest BCUT2D eigenvalue weighted by molar-refractivity contribution is 4.84. The molecule has 5 aliphatic carbocycles. The Morgan fingerprint density at radius 3 is 0.393 bits per heavy atom. The van der Waals surface area contributed by atoms with Crippen LogP contribution in [0.2, 0.25) is 0 Å². The fourth-order valence-corrected chi connectivity index (χ4v) is 8.70. The van der Waals surface area contributed by atoms with Crippen molar-refractivity contribution in [2.24, 2.45) is 47.3 Å². The number of fused-ring (bicyclic) bond motifs is 8. The third-order valence-corrected chi connectivity index (χ3v) is 10.5. The van der Waals surface area contributed by atoms with Gasteiger partial charge in [0.25, 0.3) is 0 Å². The molecule has 0 N–H and O–H groups in total. The molecule has 0 amide bonds. The highest BCUT2D eigenvalue weighted by Gasteiger charge is 2.32. The fraction of sp³-hybridized carbons (Fsp3) is 1.00. The highest BCUT2D eigenvalue weighted by Crippen LogP contribution is 2.45. The zero-order valence-corrected chi connectivity index (χ0v) is 18.8. The predicted molar refractivity (Wildman–Crippen MR) is 120 cm³/mol. The lowest BCUT2D eigenvalue weighted by Gasteiger charge is -2.18. The minimum absolute atomic E-state index is 1.11. The summed E-state index contributed by atoms with van der Waals surface area (Å²) >= 11 is 0. The van der Waals surface area contributed by atoms with Crippen LogP contribution >= 0.6 is 0 Å². The predicted octanol–water partition coefficient (Wildman–Crippen LogP) is 8.79. The molecule has 0 aromatic heterocycles. The van der Waals surface area contributed by atoms with E-state index in [2.05, 4.69) is 0 Å². The van der Waals surface area contributed by atoms with Gasteiger partial charge in [-0.2, -0.15) is 0 Å². The van der Waals surface area contributed by atoms with E-state index < -0.39 is 0 Å². The summed E-state index contributed by atoms with van der Waals surface area (Å²) < 4.78 is 0. The van der Waals surface area contributed by atoms with Crippen molar-refractivity contribution in [1.29, 1.82) is 0 Å². The Morgan fingerprint density at radius 2 is 0.286 bits per heavy atom. The van der Waals surface area contributed by atoms with Gasteiger partial charge in [0.1, 0.15) is 0 Å². The van der Waals surface area contributed by atoms with Gasteiger partial charge in [0.2, 0.25) is 0 Å². The molecule has 0 saturated heterocycles. The Balaban J connectivity index is 1.16. The summed E-state index contributed by atoms with van der Waals surface area (Å²) in [7, 11) is 0. The van der Waals surface area contributed by atoms with Crippen LogP contribution in [0.5, 0.6) is 0 Å². The molecule has 0 heterocycles. The van der Waals surface area contributed by atoms with Gasteiger partial charge in [-0.1, -0.05) is 103 Å². The molecular weight excluding hydrogens is 336 g/mol. The first-order chi connectivity index (χ1) is 13.8. The second-order valence-corrected chi connectivity index (χ2v) is 12.5. The van der Waals surface area contributed by atoms with Crippen LogP contribution < -0.4 is 0 Å². The molecule has 0 radical (unpaired) electrons. The average molecular weight is 385 g/mol. The Morgan fingerprint density at radius 1 is 0.179 bits per heavy atom. The SMILES string of the molecule is C1CC2CC[C@H](CCC3CC[C@H](CC[C@@H]4CCC(CC[C@@H]5CCC1C5)C4)C3)C2. The summed E-state index contributed by atoms with van der Waals surface area (Å²) in [6, 6.07) is 0. The van der Waals surface area contributed by atoms with Gasteiger partial charge in [-0.15, -0.1) is 0 Å². The Bertz CT molecular complexity index is 352. The maximum Gasteiger partial charge on any atom is -0.0411 e. The molecule has 0 unspecified atom stereocenters. The summed E-state index contributed by atoms with van der Waals surface area (Å²) in [5.41, 5.74) is 0. The van der Waals surface area contributed by atoms with Crippen molar-refractivity contribution in [2.45, 2.75) is 128 Å². The van der Waals surface area contributed by atoms with Crippen LogP contribution in [0, 0.1) is 47.3 Å². The molecule has 0 nitrogen and oxygen atoms in total. The van der Waals surface area contributed by atoms with Crippen molar-refractivity contribution in [3.05, 3.63) is 0 Å². The van der Waals surface area contributed by atoms with Gasteiger partial charge in [-0.3, -0.25) is 0 Å². The molecule has 0 aliphatic heterocycles. The molecule has 0 heteroatoms. The monoisotopic (exact) mass is 384 g/mol. The van der Waals surface area contributed by atoms with Crippen LogP contribution in [-0.2, 0) is 0 Å². The van der Waals surface area contributed by atoms with E-state index in [4.69, 9.17) is 0 Å². The van der Waals surface area contributed by atoms with Crippen molar-refractivity contribution in [1.82, 2.24) is 0 Å². The van der Waals surface area contributed by atoms with E-state index in [0.29, 0.717) is 0 Å². The first-order valence-corrected chi connectivity index (χ1v) is 13.8. The molecule has 5 rings (SSSR count). The third kappa shape index (κ3) is 5.18. The summed E-state index contributed by atoms with van der Waals surface area (Å²) in [6.07, 6.45) is 31.8. The molecule has 8 bridgehead atoms.